The molecule has 0 saturated carbocycles. The fraction of sp³-hybridized carbons (Fsp3) is 0.185. The van der Waals surface area contributed by atoms with Gasteiger partial charge in [0.2, 0.25) is 0 Å². The minimum absolute atomic E-state index is 0.0481. The lowest BCUT2D eigenvalue weighted by Crippen LogP contribution is -2.31. The van der Waals surface area contributed by atoms with E-state index in [0.717, 1.165) is 41.9 Å². The summed E-state index contributed by atoms with van der Waals surface area (Å²) in [5, 5.41) is 0.993. The van der Waals surface area contributed by atoms with E-state index in [1.165, 1.54) is 11.1 Å². The van der Waals surface area contributed by atoms with Crippen molar-refractivity contribution in [3.05, 3.63) is 96.1 Å². The molecule has 160 valence electrons. The Bertz CT molecular complexity index is 1260. The van der Waals surface area contributed by atoms with Crippen molar-refractivity contribution in [3.8, 4) is 5.75 Å². The number of aromatic nitrogens is 1. The number of benzene rings is 3. The quantitative estimate of drug-likeness (QED) is 0.461. The van der Waals surface area contributed by atoms with Crippen LogP contribution in [0.25, 0.3) is 10.9 Å². The molecule has 0 N–H and O–H groups in total. The van der Waals surface area contributed by atoms with Crippen LogP contribution in [0.1, 0.15) is 11.1 Å². The molecule has 1 aliphatic rings. The number of amides is 1. The molecule has 0 aliphatic carbocycles. The van der Waals surface area contributed by atoms with Gasteiger partial charge < -0.3 is 14.5 Å². The van der Waals surface area contributed by atoms with Crippen molar-refractivity contribution in [2.45, 2.75) is 13.0 Å². The van der Waals surface area contributed by atoms with Gasteiger partial charge in [-0.05, 0) is 47.9 Å². The molecule has 0 saturated heterocycles. The molecule has 0 bridgehead atoms. The highest BCUT2D eigenvalue weighted by Crippen LogP contribution is 2.29. The number of carbonyl (C=O) groups excluding carboxylic acids is 1. The second-order valence-electron chi connectivity index (χ2n) is 8.01. The van der Waals surface area contributed by atoms with Crippen LogP contribution in [0.15, 0.2) is 84.9 Å². The third kappa shape index (κ3) is 4.02. The predicted octanol–water partition coefficient (Wildman–Crippen LogP) is 4.84. The molecule has 0 spiro atoms. The molecular formula is C27H25N3O2. The van der Waals surface area contributed by atoms with Gasteiger partial charge in [-0.1, -0.05) is 54.6 Å². The third-order valence-electron chi connectivity index (χ3n) is 5.99. The first kappa shape index (κ1) is 20.1. The Morgan fingerprint density at radius 2 is 1.72 bits per heavy atom. The van der Waals surface area contributed by atoms with Crippen LogP contribution in [0.2, 0.25) is 0 Å². The van der Waals surface area contributed by atoms with Gasteiger partial charge in [0, 0.05) is 31.2 Å². The van der Waals surface area contributed by atoms with E-state index in [4.69, 9.17) is 9.72 Å². The summed E-state index contributed by atoms with van der Waals surface area (Å²) in [7, 11) is 1.76. The Morgan fingerprint density at radius 3 is 2.56 bits per heavy atom. The van der Waals surface area contributed by atoms with E-state index in [-0.39, 0.29) is 12.5 Å². The van der Waals surface area contributed by atoms with Crippen LogP contribution in [-0.2, 0) is 17.8 Å². The number of likely N-dealkylation sites (N-methyl/N-ethyl adjacent to an activating group) is 1. The maximum Gasteiger partial charge on any atom is 0.264 e. The van der Waals surface area contributed by atoms with E-state index < -0.39 is 0 Å². The summed E-state index contributed by atoms with van der Waals surface area (Å²) in [5.41, 5.74) is 4.37. The molecule has 2 heterocycles. The number of hydrogen-bond acceptors (Lipinski definition) is 4. The lowest BCUT2D eigenvalue weighted by atomic mass is 10.00. The molecule has 1 aliphatic heterocycles. The van der Waals surface area contributed by atoms with Gasteiger partial charge in [0.25, 0.3) is 5.91 Å². The summed E-state index contributed by atoms with van der Waals surface area (Å²) in [6.45, 7) is 1.73. The summed E-state index contributed by atoms with van der Waals surface area (Å²) in [6, 6.07) is 28.1. The molecule has 5 rings (SSSR count). The average molecular weight is 424 g/mol. The zero-order chi connectivity index (χ0) is 21.9. The standard InChI is InChI=1S/C27H25N3O2/c1-29(23-11-3-2-4-12-23)26(31)19-32-24-13-7-10-21-14-15-25(28-27(21)24)30-17-16-20-8-5-6-9-22(20)18-30/h2-15H,16-19H2,1H3. The minimum atomic E-state index is -0.114. The van der Waals surface area contributed by atoms with Crippen LogP contribution in [-0.4, -0.2) is 31.1 Å². The molecule has 32 heavy (non-hydrogen) atoms. The Balaban J connectivity index is 1.36. The lowest BCUT2D eigenvalue weighted by molar-refractivity contribution is -0.120. The van der Waals surface area contributed by atoms with Crippen LogP contribution < -0.4 is 14.5 Å². The molecule has 4 aromatic rings. The average Bonchev–Trinajstić information content (AvgIpc) is 2.86. The van der Waals surface area contributed by atoms with Crippen molar-refractivity contribution < 1.29 is 9.53 Å². The molecule has 1 aromatic heterocycles. The fourth-order valence-corrected chi connectivity index (χ4v) is 4.13. The van der Waals surface area contributed by atoms with E-state index in [9.17, 15) is 4.79 Å². The highest BCUT2D eigenvalue weighted by molar-refractivity contribution is 5.94. The molecule has 0 unspecified atom stereocenters. The van der Waals surface area contributed by atoms with E-state index >= 15 is 0 Å². The number of hydrogen-bond donors (Lipinski definition) is 0. The number of rotatable bonds is 5. The lowest BCUT2D eigenvalue weighted by Gasteiger charge is -2.30. The van der Waals surface area contributed by atoms with Gasteiger partial charge in [0.05, 0.1) is 0 Å². The summed E-state index contributed by atoms with van der Waals surface area (Å²) >= 11 is 0. The zero-order valence-electron chi connectivity index (χ0n) is 18.1. The van der Waals surface area contributed by atoms with Crippen molar-refractivity contribution in [1.82, 2.24) is 4.98 Å². The van der Waals surface area contributed by atoms with Crippen LogP contribution >= 0.6 is 0 Å². The van der Waals surface area contributed by atoms with Gasteiger partial charge in [0.15, 0.2) is 6.61 Å². The summed E-state index contributed by atoms with van der Waals surface area (Å²) in [5.74, 6) is 1.43. The van der Waals surface area contributed by atoms with Gasteiger partial charge in [-0.25, -0.2) is 4.98 Å². The van der Waals surface area contributed by atoms with Gasteiger partial charge in [0.1, 0.15) is 17.1 Å². The van der Waals surface area contributed by atoms with Crippen molar-refractivity contribution in [2.24, 2.45) is 0 Å². The number of fused-ring (bicyclic) bond motifs is 2. The van der Waals surface area contributed by atoms with Gasteiger partial charge in [-0.3, -0.25) is 4.79 Å². The second kappa shape index (κ2) is 8.71. The molecule has 0 fully saturated rings. The number of pyridine rings is 1. The topological polar surface area (TPSA) is 45.7 Å². The first-order valence-electron chi connectivity index (χ1n) is 10.8. The van der Waals surface area contributed by atoms with Gasteiger partial charge in [-0.2, -0.15) is 0 Å². The minimum Gasteiger partial charge on any atom is -0.481 e. The van der Waals surface area contributed by atoms with Crippen LogP contribution in [0.3, 0.4) is 0 Å². The van der Waals surface area contributed by atoms with Crippen LogP contribution in [0, 0.1) is 0 Å². The fourth-order valence-electron chi connectivity index (χ4n) is 4.13. The highest BCUT2D eigenvalue weighted by atomic mass is 16.5. The van der Waals surface area contributed by atoms with E-state index in [1.54, 1.807) is 11.9 Å². The van der Waals surface area contributed by atoms with Gasteiger partial charge >= 0.3 is 0 Å². The molecule has 5 nitrogen and oxygen atoms in total. The van der Waals surface area contributed by atoms with Gasteiger partial charge in [-0.15, -0.1) is 0 Å². The summed E-state index contributed by atoms with van der Waals surface area (Å²) in [4.78, 5) is 21.5. The zero-order valence-corrected chi connectivity index (χ0v) is 18.1. The SMILES string of the molecule is CN(C(=O)COc1cccc2ccc(N3CCc4ccccc4C3)nc12)c1ccccc1. The van der Waals surface area contributed by atoms with Crippen LogP contribution in [0.4, 0.5) is 11.5 Å². The maximum absolute atomic E-state index is 12.7. The first-order chi connectivity index (χ1) is 15.7. The monoisotopic (exact) mass is 423 g/mol. The molecule has 5 heteroatoms. The highest BCUT2D eigenvalue weighted by Gasteiger charge is 2.18. The Kier molecular flexibility index (Phi) is 5.46. The predicted molar refractivity (Wildman–Crippen MR) is 128 cm³/mol. The normalized spacial score (nSPS) is 13.0. The Labute approximate surface area is 187 Å². The van der Waals surface area contributed by atoms with E-state index in [1.807, 2.05) is 48.5 Å². The molecule has 1 amide bonds. The van der Waals surface area contributed by atoms with E-state index in [2.05, 4.69) is 41.3 Å². The maximum atomic E-state index is 12.7. The third-order valence-corrected chi connectivity index (χ3v) is 5.99. The van der Waals surface area contributed by atoms with E-state index in [0.29, 0.717) is 5.75 Å². The number of carbonyl (C=O) groups is 1. The Morgan fingerprint density at radius 1 is 0.938 bits per heavy atom. The molecule has 0 radical (unpaired) electrons. The molecular weight excluding hydrogens is 398 g/mol. The first-order valence-corrected chi connectivity index (χ1v) is 10.8. The smallest absolute Gasteiger partial charge is 0.264 e. The van der Waals surface area contributed by atoms with Crippen LogP contribution in [0.5, 0.6) is 5.75 Å². The number of nitrogens with zero attached hydrogens (tertiary/aromatic N) is 3. The number of para-hydroxylation sites is 2. The number of ether oxygens (including phenoxy) is 1. The summed E-state index contributed by atoms with van der Waals surface area (Å²) in [6.07, 6.45) is 1.01. The van der Waals surface area contributed by atoms with Crippen molar-refractivity contribution in [2.75, 3.05) is 30.0 Å². The second-order valence-corrected chi connectivity index (χ2v) is 8.01. The Hall–Kier alpha value is -3.86. The molecule has 0 atom stereocenters. The summed E-state index contributed by atoms with van der Waals surface area (Å²) < 4.78 is 5.95. The molecule has 3 aromatic carbocycles. The number of anilines is 2. The van der Waals surface area contributed by atoms with Crippen molar-refractivity contribution in [1.29, 1.82) is 0 Å². The van der Waals surface area contributed by atoms with Crippen molar-refractivity contribution >= 4 is 28.3 Å². The largest absolute Gasteiger partial charge is 0.481 e. The van der Waals surface area contributed by atoms with Crippen molar-refractivity contribution in [3.63, 3.8) is 0 Å².